The van der Waals surface area contributed by atoms with E-state index in [2.05, 4.69) is 19.7 Å². The maximum absolute atomic E-state index is 15.2. The van der Waals surface area contributed by atoms with Crippen molar-refractivity contribution in [2.45, 2.75) is 32.6 Å². The van der Waals surface area contributed by atoms with Gasteiger partial charge in [0.05, 0.1) is 27.9 Å². The molecular weight excluding hydrogens is 435 g/mol. The van der Waals surface area contributed by atoms with Gasteiger partial charge in [-0.15, -0.1) is 0 Å². The first-order valence-electron chi connectivity index (χ1n) is 10.4. The molecule has 0 spiro atoms. The van der Waals surface area contributed by atoms with E-state index in [4.69, 9.17) is 5.73 Å². The van der Waals surface area contributed by atoms with Crippen LogP contribution in [0.25, 0.3) is 11.0 Å². The average Bonchev–Trinajstić information content (AvgIpc) is 3.52. The van der Waals surface area contributed by atoms with Crippen molar-refractivity contribution in [3.05, 3.63) is 47.0 Å². The molecule has 4 rings (SSSR count). The van der Waals surface area contributed by atoms with E-state index in [1.807, 2.05) is 6.92 Å². The lowest BCUT2D eigenvalue weighted by Crippen LogP contribution is -2.32. The molecule has 1 unspecified atom stereocenters. The van der Waals surface area contributed by atoms with E-state index < -0.39 is 21.8 Å². The molecule has 3 aromatic rings. The Bertz CT molecular complexity index is 1300. The van der Waals surface area contributed by atoms with Gasteiger partial charge in [-0.3, -0.25) is 9.52 Å². The van der Waals surface area contributed by atoms with Crippen molar-refractivity contribution in [3.63, 3.8) is 0 Å². The second-order valence-corrected chi connectivity index (χ2v) is 9.81. The molecule has 0 aliphatic heterocycles. The first-order valence-corrected chi connectivity index (χ1v) is 11.8. The molecule has 11 heteroatoms. The number of ketones is 1. The van der Waals surface area contributed by atoms with Gasteiger partial charge in [0, 0.05) is 25.7 Å². The molecule has 1 aliphatic rings. The number of hydrogen-bond acceptors (Lipinski definition) is 6. The number of fused-ring (bicyclic) bond motifs is 1. The molecule has 0 amide bonds. The largest absolute Gasteiger partial charge is 0.368 e. The van der Waals surface area contributed by atoms with Crippen LogP contribution in [0, 0.1) is 11.7 Å². The molecular formula is C21H25FN6O3S. The Kier molecular flexibility index (Phi) is 5.63. The zero-order chi connectivity index (χ0) is 23.2. The Morgan fingerprint density at radius 2 is 2.06 bits per heavy atom. The highest BCUT2D eigenvalue weighted by atomic mass is 32.2. The van der Waals surface area contributed by atoms with Crippen LogP contribution in [-0.4, -0.2) is 47.1 Å². The second-order valence-electron chi connectivity index (χ2n) is 8.04. The van der Waals surface area contributed by atoms with Gasteiger partial charge in [0.25, 0.3) is 0 Å². The van der Waals surface area contributed by atoms with Crippen LogP contribution in [-0.2, 0) is 10.2 Å². The number of aromatic amines is 1. The predicted molar refractivity (Wildman–Crippen MR) is 120 cm³/mol. The van der Waals surface area contributed by atoms with Crippen molar-refractivity contribution in [2.75, 3.05) is 24.0 Å². The molecule has 0 radical (unpaired) electrons. The topological polar surface area (TPSA) is 134 Å². The van der Waals surface area contributed by atoms with Crippen molar-refractivity contribution in [1.82, 2.24) is 19.3 Å². The van der Waals surface area contributed by atoms with E-state index in [9.17, 15) is 13.2 Å². The fourth-order valence-corrected chi connectivity index (χ4v) is 4.66. The Morgan fingerprint density at radius 3 is 2.72 bits per heavy atom. The summed E-state index contributed by atoms with van der Waals surface area (Å²) in [5.41, 5.74) is 6.58. The number of nitrogens with zero attached hydrogens (tertiary/aromatic N) is 3. The maximum Gasteiger partial charge on any atom is 0.301 e. The molecule has 1 fully saturated rings. The number of nitrogens with one attached hydrogen (secondary N) is 2. The standard InChI is InChI=1S/C21H25FN6O3S/c1-4-28(3)32(30,31)27-15-7-5-6-13(17(15)22)19(29)14-10-24-20-16(14)18(25-21(23)26-20)11(2)12-8-9-12/h5-7,10-12,27H,4,8-9H2,1-3H3,(H3,23,24,25,26). The zero-order valence-electron chi connectivity index (χ0n) is 18.0. The van der Waals surface area contributed by atoms with Gasteiger partial charge in [0.2, 0.25) is 5.95 Å². The van der Waals surface area contributed by atoms with E-state index >= 15 is 4.39 Å². The minimum Gasteiger partial charge on any atom is -0.368 e. The summed E-state index contributed by atoms with van der Waals surface area (Å²) < 4.78 is 43.1. The second kappa shape index (κ2) is 8.14. The molecule has 1 saturated carbocycles. The summed E-state index contributed by atoms with van der Waals surface area (Å²) in [6, 6.07) is 4.02. The van der Waals surface area contributed by atoms with Crippen LogP contribution in [0.5, 0.6) is 0 Å². The van der Waals surface area contributed by atoms with Gasteiger partial charge in [0.1, 0.15) is 5.65 Å². The highest BCUT2D eigenvalue weighted by molar-refractivity contribution is 7.90. The maximum atomic E-state index is 15.2. The summed E-state index contributed by atoms with van der Waals surface area (Å²) in [5.74, 6) is -0.930. The molecule has 0 bridgehead atoms. The number of halogens is 1. The van der Waals surface area contributed by atoms with E-state index in [-0.39, 0.29) is 35.2 Å². The van der Waals surface area contributed by atoms with Crippen molar-refractivity contribution in [3.8, 4) is 0 Å². The summed E-state index contributed by atoms with van der Waals surface area (Å²) in [5, 5.41) is 0.514. The highest BCUT2D eigenvalue weighted by Gasteiger charge is 2.33. The number of H-pyrrole nitrogens is 1. The summed E-state index contributed by atoms with van der Waals surface area (Å²) in [6.07, 6.45) is 3.61. The molecule has 4 N–H and O–H groups in total. The highest BCUT2D eigenvalue weighted by Crippen LogP contribution is 2.44. The van der Waals surface area contributed by atoms with Gasteiger partial charge in [-0.1, -0.05) is 19.9 Å². The molecule has 1 aliphatic carbocycles. The lowest BCUT2D eigenvalue weighted by Gasteiger charge is -2.17. The number of aromatic nitrogens is 3. The fourth-order valence-electron chi connectivity index (χ4n) is 3.72. The Morgan fingerprint density at radius 1 is 1.34 bits per heavy atom. The number of benzene rings is 1. The zero-order valence-corrected chi connectivity index (χ0v) is 18.8. The van der Waals surface area contributed by atoms with E-state index in [1.54, 1.807) is 6.92 Å². The van der Waals surface area contributed by atoms with Crippen LogP contribution < -0.4 is 10.5 Å². The molecule has 2 heterocycles. The predicted octanol–water partition coefficient (Wildman–Crippen LogP) is 3.03. The first kappa shape index (κ1) is 22.2. The molecule has 170 valence electrons. The lowest BCUT2D eigenvalue weighted by atomic mass is 9.95. The third-order valence-corrected chi connectivity index (χ3v) is 7.48. The number of carbonyl (C=O) groups is 1. The van der Waals surface area contributed by atoms with Crippen molar-refractivity contribution in [2.24, 2.45) is 5.92 Å². The van der Waals surface area contributed by atoms with E-state index in [1.165, 1.54) is 31.4 Å². The number of anilines is 2. The molecule has 2 aromatic heterocycles. The smallest absolute Gasteiger partial charge is 0.301 e. The van der Waals surface area contributed by atoms with Crippen molar-refractivity contribution in [1.29, 1.82) is 0 Å². The van der Waals surface area contributed by atoms with E-state index in [0.29, 0.717) is 22.6 Å². The minimum atomic E-state index is -3.95. The Balaban J connectivity index is 1.77. The van der Waals surface area contributed by atoms with Gasteiger partial charge in [0.15, 0.2) is 11.6 Å². The van der Waals surface area contributed by atoms with Gasteiger partial charge in [-0.05, 0) is 30.9 Å². The summed E-state index contributed by atoms with van der Waals surface area (Å²) in [4.78, 5) is 24.9. The lowest BCUT2D eigenvalue weighted by molar-refractivity contribution is 0.103. The summed E-state index contributed by atoms with van der Waals surface area (Å²) in [6.45, 7) is 3.89. The first-order chi connectivity index (χ1) is 15.1. The number of hydrogen-bond donors (Lipinski definition) is 3. The summed E-state index contributed by atoms with van der Waals surface area (Å²) in [7, 11) is -2.58. The molecule has 0 saturated heterocycles. The fraction of sp³-hybridized carbons (Fsp3) is 0.381. The minimum absolute atomic E-state index is 0.0673. The quantitative estimate of drug-likeness (QED) is 0.442. The van der Waals surface area contributed by atoms with Gasteiger partial charge < -0.3 is 10.7 Å². The monoisotopic (exact) mass is 460 g/mol. The van der Waals surface area contributed by atoms with Gasteiger partial charge in [-0.2, -0.15) is 17.7 Å². The average molecular weight is 461 g/mol. The molecule has 32 heavy (non-hydrogen) atoms. The van der Waals surface area contributed by atoms with Crippen LogP contribution in [0.3, 0.4) is 0 Å². The van der Waals surface area contributed by atoms with Gasteiger partial charge >= 0.3 is 10.2 Å². The van der Waals surface area contributed by atoms with Crippen molar-refractivity contribution < 1.29 is 17.6 Å². The number of nitrogen functional groups attached to an aromatic ring is 1. The number of carbonyl (C=O) groups excluding carboxylic acids is 1. The molecule has 1 atom stereocenters. The number of rotatable bonds is 8. The van der Waals surface area contributed by atoms with Crippen LogP contribution in [0.15, 0.2) is 24.4 Å². The number of nitrogens with two attached hydrogens (primary N) is 1. The molecule has 1 aromatic carbocycles. The van der Waals surface area contributed by atoms with Crippen LogP contribution in [0.2, 0.25) is 0 Å². The third-order valence-electron chi connectivity index (χ3n) is 5.92. The normalized spacial score (nSPS) is 15.3. The van der Waals surface area contributed by atoms with Crippen LogP contribution in [0.1, 0.15) is 54.2 Å². The Hall–Kier alpha value is -3.05. The van der Waals surface area contributed by atoms with Crippen molar-refractivity contribution >= 4 is 38.7 Å². The van der Waals surface area contributed by atoms with Crippen LogP contribution >= 0.6 is 0 Å². The SMILES string of the molecule is CCN(C)S(=O)(=O)Nc1cccc(C(=O)c2c[nH]c3nc(N)nc(C(C)C4CC4)c23)c1F. The Labute approximate surface area is 185 Å². The van der Waals surface area contributed by atoms with Gasteiger partial charge in [-0.25, -0.2) is 9.37 Å². The van der Waals surface area contributed by atoms with E-state index in [0.717, 1.165) is 17.1 Å². The third kappa shape index (κ3) is 3.93. The van der Waals surface area contributed by atoms with Crippen LogP contribution in [0.4, 0.5) is 16.0 Å². The molecule has 9 nitrogen and oxygen atoms in total. The summed E-state index contributed by atoms with van der Waals surface area (Å²) >= 11 is 0.